The van der Waals surface area contributed by atoms with Gasteiger partial charge in [0.15, 0.2) is 11.5 Å². The Balaban J connectivity index is 1.59. The Labute approximate surface area is 132 Å². The molecule has 7 heteroatoms. The van der Waals surface area contributed by atoms with Gasteiger partial charge >= 0.3 is 5.97 Å². The third kappa shape index (κ3) is 3.56. The van der Waals surface area contributed by atoms with Crippen molar-refractivity contribution in [1.29, 1.82) is 0 Å². The van der Waals surface area contributed by atoms with Gasteiger partial charge in [-0.3, -0.25) is 14.6 Å². The molecule has 23 heavy (non-hydrogen) atoms. The largest absolute Gasteiger partial charge is 0.481 e. The number of pyridine rings is 1. The average Bonchev–Trinajstić information content (AvgIpc) is 3.06. The molecule has 0 aliphatic heterocycles. The van der Waals surface area contributed by atoms with Crippen molar-refractivity contribution in [2.45, 2.75) is 31.7 Å². The molecule has 0 saturated heterocycles. The highest BCUT2D eigenvalue weighted by atomic mass is 16.5. The van der Waals surface area contributed by atoms with Crippen LogP contribution in [0.25, 0.3) is 11.3 Å². The maximum Gasteiger partial charge on any atom is 0.306 e. The Bertz CT molecular complexity index is 690. The van der Waals surface area contributed by atoms with Crippen molar-refractivity contribution < 1.29 is 19.2 Å². The second kappa shape index (κ2) is 6.60. The lowest BCUT2D eigenvalue weighted by atomic mass is 9.86. The van der Waals surface area contributed by atoms with E-state index in [1.807, 2.05) is 6.07 Å². The zero-order valence-electron chi connectivity index (χ0n) is 12.4. The smallest absolute Gasteiger partial charge is 0.306 e. The first kappa shape index (κ1) is 15.2. The van der Waals surface area contributed by atoms with Crippen LogP contribution in [0.5, 0.6) is 0 Å². The van der Waals surface area contributed by atoms with E-state index in [0.717, 1.165) is 5.56 Å². The predicted octanol–water partition coefficient (Wildman–Crippen LogP) is 2.11. The molecule has 1 amide bonds. The molecular weight excluding hydrogens is 298 g/mol. The zero-order chi connectivity index (χ0) is 16.2. The first-order valence-electron chi connectivity index (χ1n) is 7.54. The molecule has 0 aromatic carbocycles. The van der Waals surface area contributed by atoms with Gasteiger partial charge in [0.1, 0.15) is 0 Å². The molecule has 2 N–H and O–H groups in total. The minimum atomic E-state index is -0.757. The van der Waals surface area contributed by atoms with E-state index in [1.165, 1.54) is 0 Å². The van der Waals surface area contributed by atoms with Crippen LogP contribution >= 0.6 is 0 Å². The van der Waals surface area contributed by atoms with Crippen LogP contribution in [0.2, 0.25) is 0 Å². The molecule has 1 aliphatic rings. The molecule has 3 rings (SSSR count). The van der Waals surface area contributed by atoms with Gasteiger partial charge in [0.2, 0.25) is 0 Å². The molecule has 1 fully saturated rings. The summed E-state index contributed by atoms with van der Waals surface area (Å²) >= 11 is 0. The Hall–Kier alpha value is -2.70. The fourth-order valence-corrected chi connectivity index (χ4v) is 2.77. The lowest BCUT2D eigenvalue weighted by Gasteiger charge is -2.26. The van der Waals surface area contributed by atoms with Crippen LogP contribution in [0.4, 0.5) is 0 Å². The molecule has 2 heterocycles. The van der Waals surface area contributed by atoms with E-state index in [2.05, 4.69) is 15.5 Å². The third-order valence-corrected chi connectivity index (χ3v) is 4.10. The van der Waals surface area contributed by atoms with Gasteiger partial charge in [0.25, 0.3) is 5.91 Å². The van der Waals surface area contributed by atoms with E-state index >= 15 is 0 Å². The van der Waals surface area contributed by atoms with E-state index in [1.54, 1.807) is 24.5 Å². The Morgan fingerprint density at radius 2 is 2.04 bits per heavy atom. The highest BCUT2D eigenvalue weighted by Gasteiger charge is 2.27. The summed E-state index contributed by atoms with van der Waals surface area (Å²) in [6, 6.07) is 5.16. The summed E-state index contributed by atoms with van der Waals surface area (Å²) in [5, 5.41) is 15.7. The van der Waals surface area contributed by atoms with Crippen molar-refractivity contribution in [2.24, 2.45) is 5.92 Å². The van der Waals surface area contributed by atoms with Gasteiger partial charge in [0, 0.05) is 30.1 Å². The molecule has 1 saturated carbocycles. The molecule has 7 nitrogen and oxygen atoms in total. The van der Waals surface area contributed by atoms with Gasteiger partial charge in [-0.1, -0.05) is 5.16 Å². The van der Waals surface area contributed by atoms with Gasteiger partial charge in [-0.2, -0.15) is 0 Å². The second-order valence-electron chi connectivity index (χ2n) is 5.68. The SMILES string of the molecule is O=C(NC1CCC(C(=O)O)CC1)c1cc(-c2cccnc2)on1. The van der Waals surface area contributed by atoms with Crippen molar-refractivity contribution in [3.05, 3.63) is 36.3 Å². The van der Waals surface area contributed by atoms with Crippen LogP contribution in [0, 0.1) is 5.92 Å². The number of hydrogen-bond donors (Lipinski definition) is 2. The first-order valence-corrected chi connectivity index (χ1v) is 7.54. The van der Waals surface area contributed by atoms with Gasteiger partial charge in [0.05, 0.1) is 5.92 Å². The minimum Gasteiger partial charge on any atom is -0.481 e. The van der Waals surface area contributed by atoms with Gasteiger partial charge in [-0.05, 0) is 37.8 Å². The number of carbonyl (C=O) groups is 2. The maximum atomic E-state index is 12.2. The first-order chi connectivity index (χ1) is 11.1. The normalized spacial score (nSPS) is 20.9. The molecule has 120 valence electrons. The van der Waals surface area contributed by atoms with E-state index in [-0.39, 0.29) is 23.6 Å². The lowest BCUT2D eigenvalue weighted by Crippen LogP contribution is -2.38. The minimum absolute atomic E-state index is 0.0170. The summed E-state index contributed by atoms with van der Waals surface area (Å²) in [6.07, 6.45) is 5.78. The number of carboxylic acids is 1. The standard InChI is InChI=1S/C16H17N3O4/c20-15(18-12-5-3-10(4-6-12)16(21)22)13-8-14(23-19-13)11-2-1-7-17-9-11/h1-2,7-10,12H,3-6H2,(H,18,20)(H,21,22). The summed E-state index contributed by atoms with van der Waals surface area (Å²) in [5.74, 6) is -0.875. The van der Waals surface area contributed by atoms with Crippen LogP contribution in [-0.4, -0.2) is 33.2 Å². The average molecular weight is 315 g/mol. The molecule has 0 bridgehead atoms. The van der Waals surface area contributed by atoms with E-state index < -0.39 is 5.97 Å². The van der Waals surface area contributed by atoms with Crippen molar-refractivity contribution in [3.8, 4) is 11.3 Å². The molecule has 2 aromatic rings. The third-order valence-electron chi connectivity index (χ3n) is 4.10. The number of aliphatic carboxylic acids is 1. The number of hydrogen-bond acceptors (Lipinski definition) is 5. The number of rotatable bonds is 4. The maximum absolute atomic E-state index is 12.2. The Morgan fingerprint density at radius 1 is 1.26 bits per heavy atom. The van der Waals surface area contributed by atoms with Crippen molar-refractivity contribution in [3.63, 3.8) is 0 Å². The monoisotopic (exact) mass is 315 g/mol. The number of nitrogens with zero attached hydrogens (tertiary/aromatic N) is 2. The quantitative estimate of drug-likeness (QED) is 0.895. The Morgan fingerprint density at radius 3 is 2.70 bits per heavy atom. The van der Waals surface area contributed by atoms with Crippen molar-refractivity contribution in [1.82, 2.24) is 15.5 Å². The summed E-state index contributed by atoms with van der Waals surface area (Å²) in [6.45, 7) is 0. The highest BCUT2D eigenvalue weighted by molar-refractivity contribution is 5.93. The van der Waals surface area contributed by atoms with Crippen molar-refractivity contribution in [2.75, 3.05) is 0 Å². The van der Waals surface area contributed by atoms with Gasteiger partial charge in [-0.15, -0.1) is 0 Å². The van der Waals surface area contributed by atoms with E-state index in [9.17, 15) is 9.59 Å². The molecule has 0 spiro atoms. The van der Waals surface area contributed by atoms with E-state index in [0.29, 0.717) is 31.4 Å². The summed E-state index contributed by atoms with van der Waals surface area (Å²) in [5.41, 5.74) is 0.963. The lowest BCUT2D eigenvalue weighted by molar-refractivity contribution is -0.142. The fraction of sp³-hybridized carbons (Fsp3) is 0.375. The van der Waals surface area contributed by atoms with Crippen LogP contribution in [0.1, 0.15) is 36.2 Å². The van der Waals surface area contributed by atoms with Crippen LogP contribution in [0.3, 0.4) is 0 Å². The predicted molar refractivity (Wildman–Crippen MR) is 80.6 cm³/mol. The second-order valence-corrected chi connectivity index (χ2v) is 5.68. The van der Waals surface area contributed by atoms with Gasteiger partial charge in [-0.25, -0.2) is 0 Å². The topological polar surface area (TPSA) is 105 Å². The molecule has 0 atom stereocenters. The van der Waals surface area contributed by atoms with Crippen molar-refractivity contribution >= 4 is 11.9 Å². The van der Waals surface area contributed by atoms with Gasteiger partial charge < -0.3 is 14.9 Å². The highest BCUT2D eigenvalue weighted by Crippen LogP contribution is 2.25. The molecule has 0 radical (unpaired) electrons. The molecule has 0 unspecified atom stereocenters. The fourth-order valence-electron chi connectivity index (χ4n) is 2.77. The number of carbonyl (C=O) groups excluding carboxylic acids is 1. The number of aromatic nitrogens is 2. The zero-order valence-corrected chi connectivity index (χ0v) is 12.4. The number of nitrogens with one attached hydrogen (secondary N) is 1. The van der Waals surface area contributed by atoms with E-state index in [4.69, 9.17) is 9.63 Å². The molecule has 2 aromatic heterocycles. The van der Waals surface area contributed by atoms with Crippen LogP contribution < -0.4 is 5.32 Å². The molecular formula is C16H17N3O4. The Kier molecular flexibility index (Phi) is 4.36. The summed E-state index contributed by atoms with van der Waals surface area (Å²) < 4.78 is 5.18. The van der Waals surface area contributed by atoms with Crippen LogP contribution in [0.15, 0.2) is 35.1 Å². The summed E-state index contributed by atoms with van der Waals surface area (Å²) in [7, 11) is 0. The summed E-state index contributed by atoms with van der Waals surface area (Å²) in [4.78, 5) is 27.1. The molecule has 1 aliphatic carbocycles. The number of amides is 1. The number of carboxylic acid groups (broad SMARTS) is 1. The van der Waals surface area contributed by atoms with Crippen LogP contribution in [-0.2, 0) is 4.79 Å².